The third-order valence-corrected chi connectivity index (χ3v) is 5.08. The summed E-state index contributed by atoms with van der Waals surface area (Å²) in [6.45, 7) is 6.65. The number of carbonyl (C=O) groups is 1. The third kappa shape index (κ3) is 3.16. The van der Waals surface area contributed by atoms with Crippen LogP contribution >= 0.6 is 0 Å². The fourth-order valence-corrected chi connectivity index (χ4v) is 3.93. The second-order valence-corrected chi connectivity index (χ2v) is 7.30. The maximum Gasteiger partial charge on any atom is 0.257 e. The van der Waals surface area contributed by atoms with Crippen LogP contribution in [0.1, 0.15) is 40.4 Å². The van der Waals surface area contributed by atoms with Gasteiger partial charge in [0.1, 0.15) is 0 Å². The van der Waals surface area contributed by atoms with Gasteiger partial charge in [-0.2, -0.15) is 10.2 Å². The van der Waals surface area contributed by atoms with Crippen molar-refractivity contribution < 1.29 is 9.32 Å². The third-order valence-electron chi connectivity index (χ3n) is 5.08. The molecule has 1 fully saturated rings. The average Bonchev–Trinajstić information content (AvgIpc) is 3.28. The lowest BCUT2D eigenvalue weighted by Gasteiger charge is -2.22. The molecule has 1 aliphatic heterocycles. The Morgan fingerprint density at radius 3 is 2.64 bits per heavy atom. The summed E-state index contributed by atoms with van der Waals surface area (Å²) >= 11 is 0. The van der Waals surface area contributed by atoms with Gasteiger partial charge in [-0.25, -0.2) is 0 Å². The summed E-state index contributed by atoms with van der Waals surface area (Å²) in [5.74, 6) is 0.832. The molecule has 1 aliphatic rings. The zero-order valence-electron chi connectivity index (χ0n) is 16.1. The number of aromatic nitrogens is 2. The molecule has 0 N–H and O–H groups in total. The van der Waals surface area contributed by atoms with Gasteiger partial charge in [0.2, 0.25) is 5.91 Å². The van der Waals surface area contributed by atoms with Gasteiger partial charge < -0.3 is 9.42 Å². The molecule has 0 saturated carbocycles. The zero-order valence-corrected chi connectivity index (χ0v) is 16.1. The molecule has 3 aromatic rings. The van der Waals surface area contributed by atoms with Crippen LogP contribution in [0.25, 0.3) is 11.5 Å². The Balaban J connectivity index is 1.60. The number of anilines is 1. The van der Waals surface area contributed by atoms with Crippen LogP contribution in [-0.2, 0) is 4.79 Å². The van der Waals surface area contributed by atoms with Crippen molar-refractivity contribution in [2.24, 2.45) is 0 Å². The Hall–Kier alpha value is -3.46. The highest BCUT2D eigenvalue weighted by molar-refractivity contribution is 5.97. The Kier molecular flexibility index (Phi) is 4.44. The molecule has 0 radical (unpaired) electrons. The topological polar surface area (TPSA) is 83.0 Å². The van der Waals surface area contributed by atoms with Gasteiger partial charge in [-0.05, 0) is 50.1 Å². The Morgan fingerprint density at radius 2 is 1.93 bits per heavy atom. The molecule has 1 atom stereocenters. The average molecular weight is 372 g/mol. The summed E-state index contributed by atoms with van der Waals surface area (Å²) in [7, 11) is 0. The summed E-state index contributed by atoms with van der Waals surface area (Å²) in [6.07, 6.45) is 0.351. The fraction of sp³-hybridized carbons (Fsp3) is 0.273. The Bertz CT molecular complexity index is 1090. The minimum Gasteiger partial charge on any atom is -0.334 e. The van der Waals surface area contributed by atoms with Gasteiger partial charge >= 0.3 is 0 Å². The van der Waals surface area contributed by atoms with Crippen LogP contribution in [-0.4, -0.2) is 22.6 Å². The van der Waals surface area contributed by atoms with Gasteiger partial charge in [-0.3, -0.25) is 4.79 Å². The highest BCUT2D eigenvalue weighted by atomic mass is 16.5. The van der Waals surface area contributed by atoms with Crippen molar-refractivity contribution in [3.63, 3.8) is 0 Å². The van der Waals surface area contributed by atoms with Crippen LogP contribution in [0.5, 0.6) is 0 Å². The number of carbonyl (C=O) groups excluding carboxylic acids is 1. The second kappa shape index (κ2) is 6.93. The van der Waals surface area contributed by atoms with Gasteiger partial charge in [-0.15, -0.1) is 0 Å². The molecule has 28 heavy (non-hydrogen) atoms. The molecule has 1 saturated heterocycles. The van der Waals surface area contributed by atoms with Crippen LogP contribution in [0, 0.1) is 32.1 Å². The Labute approximate surface area is 163 Å². The first-order valence-electron chi connectivity index (χ1n) is 9.18. The number of rotatable bonds is 3. The van der Waals surface area contributed by atoms with Crippen molar-refractivity contribution in [3.05, 3.63) is 64.5 Å². The number of aryl methyl sites for hydroxylation is 3. The number of benzene rings is 2. The van der Waals surface area contributed by atoms with Crippen molar-refractivity contribution in [2.45, 2.75) is 33.1 Å². The van der Waals surface area contributed by atoms with E-state index in [1.54, 1.807) is 18.2 Å². The summed E-state index contributed by atoms with van der Waals surface area (Å²) < 4.78 is 5.40. The molecule has 4 rings (SSSR count). The maximum atomic E-state index is 12.7. The molecule has 1 amide bonds. The minimum atomic E-state index is -0.121. The summed E-state index contributed by atoms with van der Waals surface area (Å²) in [5.41, 5.74) is 5.57. The first-order chi connectivity index (χ1) is 13.5. The second-order valence-electron chi connectivity index (χ2n) is 7.30. The van der Waals surface area contributed by atoms with E-state index >= 15 is 0 Å². The molecular formula is C22H20N4O2. The lowest BCUT2D eigenvalue weighted by Crippen LogP contribution is -2.26. The van der Waals surface area contributed by atoms with Crippen LogP contribution in [0.4, 0.5) is 5.69 Å². The molecule has 0 aliphatic carbocycles. The number of hydrogen-bond donors (Lipinski definition) is 0. The van der Waals surface area contributed by atoms with Crippen LogP contribution in [0.15, 0.2) is 40.9 Å². The molecule has 1 unspecified atom stereocenters. The van der Waals surface area contributed by atoms with Crippen LogP contribution in [0.2, 0.25) is 0 Å². The standard InChI is InChI=1S/C22H20N4O2/c1-13-7-14(2)20(15(3)8-13)26-12-18(10-19(26)27)21-24-22(28-25-21)17-6-4-5-16(9-17)11-23/h4-9,18H,10,12H2,1-3H3. The van der Waals surface area contributed by atoms with Crippen molar-refractivity contribution >= 4 is 11.6 Å². The normalized spacial score (nSPS) is 16.4. The SMILES string of the molecule is Cc1cc(C)c(N2CC(c3noc(-c4cccc(C#N)c4)n3)CC2=O)c(C)c1. The summed E-state index contributed by atoms with van der Waals surface area (Å²) in [5, 5.41) is 13.2. The highest BCUT2D eigenvalue weighted by Gasteiger charge is 2.35. The first-order valence-corrected chi connectivity index (χ1v) is 9.18. The predicted octanol–water partition coefficient (Wildman–Crippen LogP) is 4.05. The molecule has 0 bridgehead atoms. The van der Waals surface area contributed by atoms with E-state index in [0.29, 0.717) is 35.8 Å². The molecule has 6 nitrogen and oxygen atoms in total. The van der Waals surface area contributed by atoms with Gasteiger partial charge in [0.25, 0.3) is 5.89 Å². The maximum absolute atomic E-state index is 12.7. The van der Waals surface area contributed by atoms with E-state index in [4.69, 9.17) is 9.78 Å². The lowest BCUT2D eigenvalue weighted by molar-refractivity contribution is -0.117. The monoisotopic (exact) mass is 372 g/mol. The molecule has 6 heteroatoms. The number of nitrogens with zero attached hydrogens (tertiary/aromatic N) is 4. The number of hydrogen-bond acceptors (Lipinski definition) is 5. The van der Waals surface area contributed by atoms with Gasteiger partial charge in [0.05, 0.1) is 11.6 Å². The molecule has 2 heterocycles. The summed E-state index contributed by atoms with van der Waals surface area (Å²) in [4.78, 5) is 19.0. The van der Waals surface area contributed by atoms with Crippen molar-refractivity contribution in [2.75, 3.05) is 11.4 Å². The molecule has 2 aromatic carbocycles. The highest BCUT2D eigenvalue weighted by Crippen LogP contribution is 2.35. The molecule has 140 valence electrons. The van der Waals surface area contributed by atoms with Gasteiger partial charge in [-0.1, -0.05) is 28.9 Å². The van der Waals surface area contributed by atoms with Crippen molar-refractivity contribution in [3.8, 4) is 17.5 Å². The quantitative estimate of drug-likeness (QED) is 0.692. The fourth-order valence-electron chi connectivity index (χ4n) is 3.93. The number of amides is 1. The van der Waals surface area contributed by atoms with Gasteiger partial charge in [0.15, 0.2) is 5.82 Å². The van der Waals surface area contributed by atoms with Crippen molar-refractivity contribution in [1.29, 1.82) is 5.26 Å². The van der Waals surface area contributed by atoms with E-state index in [1.165, 1.54) is 5.56 Å². The van der Waals surface area contributed by atoms with Crippen LogP contribution < -0.4 is 4.90 Å². The van der Waals surface area contributed by atoms with E-state index in [2.05, 4.69) is 35.3 Å². The van der Waals surface area contributed by atoms with E-state index in [9.17, 15) is 4.79 Å². The zero-order chi connectivity index (χ0) is 19.8. The Morgan fingerprint density at radius 1 is 1.18 bits per heavy atom. The predicted molar refractivity (Wildman–Crippen MR) is 105 cm³/mol. The summed E-state index contributed by atoms with van der Waals surface area (Å²) in [6, 6.07) is 13.3. The minimum absolute atomic E-state index is 0.0675. The first kappa shape index (κ1) is 17.9. The van der Waals surface area contributed by atoms with Crippen molar-refractivity contribution in [1.82, 2.24) is 10.1 Å². The molecular weight excluding hydrogens is 352 g/mol. The largest absolute Gasteiger partial charge is 0.334 e. The van der Waals surface area contributed by atoms with E-state index in [0.717, 1.165) is 16.8 Å². The van der Waals surface area contributed by atoms with Crippen LogP contribution in [0.3, 0.4) is 0 Å². The van der Waals surface area contributed by atoms with E-state index < -0.39 is 0 Å². The van der Waals surface area contributed by atoms with Gasteiger partial charge in [0, 0.05) is 30.1 Å². The smallest absolute Gasteiger partial charge is 0.257 e. The molecule has 0 spiro atoms. The van der Waals surface area contributed by atoms with E-state index in [1.807, 2.05) is 24.8 Å². The number of nitriles is 1. The van der Waals surface area contributed by atoms with E-state index in [-0.39, 0.29) is 11.8 Å². The lowest BCUT2D eigenvalue weighted by atomic mass is 10.0. The molecule has 1 aromatic heterocycles.